The zero-order valence-corrected chi connectivity index (χ0v) is 15.5. The van der Waals surface area contributed by atoms with E-state index in [4.69, 9.17) is 9.90 Å². The Kier molecular flexibility index (Phi) is 6.18. The Hall–Kier alpha value is -2.74. The summed E-state index contributed by atoms with van der Waals surface area (Å²) in [6, 6.07) is 5.77. The van der Waals surface area contributed by atoms with Gasteiger partial charge in [-0.1, -0.05) is 18.9 Å². The van der Waals surface area contributed by atoms with Crippen LogP contribution in [0.3, 0.4) is 0 Å². The Morgan fingerprint density at radius 2 is 2.07 bits per heavy atom. The molecule has 0 saturated heterocycles. The molecule has 2 aliphatic rings. The van der Waals surface area contributed by atoms with Gasteiger partial charge in [0.05, 0.1) is 11.2 Å². The lowest BCUT2D eigenvalue weighted by Gasteiger charge is -2.25. The van der Waals surface area contributed by atoms with Crippen LogP contribution >= 0.6 is 11.3 Å². The number of anilines is 2. The Balaban J connectivity index is 0.000000659. The Bertz CT molecular complexity index is 816. The predicted molar refractivity (Wildman–Crippen MR) is 103 cm³/mol. The van der Waals surface area contributed by atoms with Crippen LogP contribution in [0, 0.1) is 5.92 Å². The van der Waals surface area contributed by atoms with Gasteiger partial charge in [0.1, 0.15) is 0 Å². The minimum absolute atomic E-state index is 0.0141. The first kappa shape index (κ1) is 19.0. The van der Waals surface area contributed by atoms with Crippen molar-refractivity contribution in [3.63, 3.8) is 0 Å². The van der Waals surface area contributed by atoms with E-state index in [1.165, 1.54) is 11.3 Å². The molecule has 3 N–H and O–H groups in total. The van der Waals surface area contributed by atoms with E-state index >= 15 is 0 Å². The number of nitrogens with one attached hydrogen (secondary N) is 2. The number of nitrogens with zero attached hydrogens (tertiary/aromatic N) is 1. The van der Waals surface area contributed by atoms with Crippen molar-refractivity contribution in [2.75, 3.05) is 10.6 Å². The molecule has 1 aromatic carbocycles. The molecule has 1 aliphatic heterocycles. The highest BCUT2D eigenvalue weighted by molar-refractivity contribution is 7.07. The van der Waals surface area contributed by atoms with E-state index < -0.39 is 0 Å². The van der Waals surface area contributed by atoms with Gasteiger partial charge in [-0.2, -0.15) is 0 Å². The third-order valence-electron chi connectivity index (χ3n) is 4.89. The quantitative estimate of drug-likeness (QED) is 0.699. The number of hydrogen-bond acceptors (Lipinski definition) is 5. The molecule has 142 valence electrons. The average molecular weight is 387 g/mol. The highest BCUT2D eigenvalue weighted by Crippen LogP contribution is 2.38. The lowest BCUT2D eigenvalue weighted by atomic mass is 9.88. The summed E-state index contributed by atoms with van der Waals surface area (Å²) in [5.41, 5.74) is 5.29. The van der Waals surface area contributed by atoms with E-state index in [2.05, 4.69) is 15.6 Å². The van der Waals surface area contributed by atoms with E-state index in [9.17, 15) is 9.59 Å². The van der Waals surface area contributed by atoms with Crippen LogP contribution in [-0.2, 0) is 14.4 Å². The lowest BCUT2D eigenvalue weighted by Crippen LogP contribution is -2.24. The van der Waals surface area contributed by atoms with Crippen LogP contribution in [0.1, 0.15) is 49.3 Å². The van der Waals surface area contributed by atoms with E-state index in [1.54, 1.807) is 5.51 Å². The van der Waals surface area contributed by atoms with Crippen molar-refractivity contribution in [1.82, 2.24) is 4.98 Å². The molecule has 2 amide bonds. The summed E-state index contributed by atoms with van der Waals surface area (Å²) >= 11 is 1.53. The molecule has 0 spiro atoms. The van der Waals surface area contributed by atoms with Gasteiger partial charge in [0.25, 0.3) is 6.47 Å². The molecule has 27 heavy (non-hydrogen) atoms. The second-order valence-corrected chi connectivity index (χ2v) is 7.31. The number of carbonyl (C=O) groups is 3. The normalized spacial score (nSPS) is 18.7. The van der Waals surface area contributed by atoms with Crippen LogP contribution in [0.2, 0.25) is 0 Å². The van der Waals surface area contributed by atoms with Crippen molar-refractivity contribution in [3.05, 3.63) is 40.3 Å². The summed E-state index contributed by atoms with van der Waals surface area (Å²) in [6.45, 7) is -0.250. The minimum atomic E-state index is -0.250. The highest BCUT2D eigenvalue weighted by atomic mass is 32.1. The van der Waals surface area contributed by atoms with Crippen molar-refractivity contribution < 1.29 is 19.5 Å². The Morgan fingerprint density at radius 3 is 2.74 bits per heavy atom. The third-order valence-corrected chi connectivity index (χ3v) is 5.50. The number of hydrogen-bond donors (Lipinski definition) is 3. The molecule has 8 heteroatoms. The second kappa shape index (κ2) is 8.77. The molecular weight excluding hydrogens is 366 g/mol. The first-order valence-corrected chi connectivity index (χ1v) is 9.77. The Morgan fingerprint density at radius 1 is 1.33 bits per heavy atom. The second-order valence-electron chi connectivity index (χ2n) is 6.60. The molecule has 7 nitrogen and oxygen atoms in total. The number of amides is 2. The molecule has 1 aliphatic carbocycles. The number of carboxylic acid groups (broad SMARTS) is 1. The first-order valence-electron chi connectivity index (χ1n) is 8.83. The molecule has 0 radical (unpaired) electrons. The summed E-state index contributed by atoms with van der Waals surface area (Å²) < 4.78 is 0. The van der Waals surface area contributed by atoms with Gasteiger partial charge in [0.2, 0.25) is 11.8 Å². The number of carbonyl (C=O) groups excluding carboxylic acids is 2. The highest BCUT2D eigenvalue weighted by Gasteiger charge is 2.28. The molecule has 1 saturated carbocycles. The smallest absolute Gasteiger partial charge is 0.290 e. The fourth-order valence-electron chi connectivity index (χ4n) is 3.63. The van der Waals surface area contributed by atoms with Crippen molar-refractivity contribution >= 4 is 41.0 Å². The maximum Gasteiger partial charge on any atom is 0.290 e. The predicted octanol–water partition coefficient (Wildman–Crippen LogP) is 3.45. The molecule has 1 fully saturated rings. The molecule has 2 aromatic rings. The van der Waals surface area contributed by atoms with Crippen LogP contribution in [0.15, 0.2) is 29.1 Å². The van der Waals surface area contributed by atoms with Crippen molar-refractivity contribution in [2.45, 2.75) is 38.0 Å². The van der Waals surface area contributed by atoms with Gasteiger partial charge in [-0.05, 0) is 30.5 Å². The largest absolute Gasteiger partial charge is 0.483 e. The van der Waals surface area contributed by atoms with E-state index in [-0.39, 0.29) is 30.1 Å². The molecule has 1 atom stereocenters. The summed E-state index contributed by atoms with van der Waals surface area (Å²) in [4.78, 5) is 37.1. The average Bonchev–Trinajstić information content (AvgIpc) is 3.35. The van der Waals surface area contributed by atoms with Crippen LogP contribution < -0.4 is 10.6 Å². The third kappa shape index (κ3) is 4.51. The molecule has 0 bridgehead atoms. The van der Waals surface area contributed by atoms with Gasteiger partial charge in [0, 0.05) is 35.0 Å². The van der Waals surface area contributed by atoms with Gasteiger partial charge in [-0.15, -0.1) is 11.3 Å². The zero-order chi connectivity index (χ0) is 19.2. The summed E-state index contributed by atoms with van der Waals surface area (Å²) in [7, 11) is 0. The van der Waals surface area contributed by atoms with Gasteiger partial charge >= 0.3 is 0 Å². The van der Waals surface area contributed by atoms with Crippen LogP contribution in [-0.4, -0.2) is 28.4 Å². The maximum absolute atomic E-state index is 12.3. The SMILES string of the molecule is O=C1CC(c2cscn2)c2ccc(NC(=O)C3CCCC3)cc2N1.O=CO. The number of thiazole rings is 1. The van der Waals surface area contributed by atoms with Crippen LogP contribution in [0.4, 0.5) is 11.4 Å². The van der Waals surface area contributed by atoms with Crippen LogP contribution in [0.5, 0.6) is 0 Å². The van der Waals surface area contributed by atoms with Gasteiger partial charge in [0.15, 0.2) is 0 Å². The first-order chi connectivity index (χ1) is 13.1. The van der Waals surface area contributed by atoms with Crippen molar-refractivity contribution in [2.24, 2.45) is 5.92 Å². The van der Waals surface area contributed by atoms with Gasteiger partial charge in [-0.25, -0.2) is 4.98 Å². The maximum atomic E-state index is 12.3. The van der Waals surface area contributed by atoms with Crippen LogP contribution in [0.25, 0.3) is 0 Å². The standard InChI is InChI=1S/C18H19N3O2S.CH2O2/c22-17-8-14(16-9-24-10-19-16)13-6-5-12(7-15(13)21-17)20-18(23)11-3-1-2-4-11;2-1-3/h5-7,9-11,14H,1-4,8H2,(H,20,23)(H,21,22);1H,(H,2,3). The number of fused-ring (bicyclic) bond motifs is 1. The minimum Gasteiger partial charge on any atom is -0.483 e. The van der Waals surface area contributed by atoms with E-state index in [0.29, 0.717) is 6.42 Å². The van der Waals surface area contributed by atoms with E-state index in [0.717, 1.165) is 48.3 Å². The van der Waals surface area contributed by atoms with Gasteiger partial charge in [-0.3, -0.25) is 14.4 Å². The number of aromatic nitrogens is 1. The summed E-state index contributed by atoms with van der Waals surface area (Å²) in [5, 5.41) is 14.8. The van der Waals surface area contributed by atoms with Crippen molar-refractivity contribution in [1.29, 1.82) is 0 Å². The monoisotopic (exact) mass is 387 g/mol. The molecule has 1 aromatic heterocycles. The van der Waals surface area contributed by atoms with E-state index in [1.807, 2.05) is 23.6 Å². The fourth-order valence-corrected chi connectivity index (χ4v) is 4.24. The zero-order valence-electron chi connectivity index (χ0n) is 14.7. The molecule has 2 heterocycles. The number of rotatable bonds is 3. The molecule has 1 unspecified atom stereocenters. The Labute approximate surface area is 160 Å². The lowest BCUT2D eigenvalue weighted by molar-refractivity contribution is -0.123. The molecular formula is C19H21N3O4S. The fraction of sp³-hybridized carbons (Fsp3) is 0.368. The summed E-state index contributed by atoms with van der Waals surface area (Å²) in [5.74, 6) is 0.184. The topological polar surface area (TPSA) is 108 Å². The van der Waals surface area contributed by atoms with Gasteiger partial charge < -0.3 is 15.7 Å². The van der Waals surface area contributed by atoms with Crippen molar-refractivity contribution in [3.8, 4) is 0 Å². The summed E-state index contributed by atoms with van der Waals surface area (Å²) in [6.07, 6.45) is 4.62. The molecule has 4 rings (SSSR count). The number of benzene rings is 1.